The van der Waals surface area contributed by atoms with Crippen molar-refractivity contribution in [2.24, 2.45) is 0 Å². The summed E-state index contributed by atoms with van der Waals surface area (Å²) in [4.78, 5) is 25.7. The second-order valence-corrected chi connectivity index (χ2v) is 8.19. The molecule has 8 nitrogen and oxygen atoms in total. The van der Waals surface area contributed by atoms with Crippen LogP contribution in [0.5, 0.6) is 0 Å². The van der Waals surface area contributed by atoms with Gasteiger partial charge in [-0.1, -0.05) is 0 Å². The lowest BCUT2D eigenvalue weighted by Gasteiger charge is -2.22. The van der Waals surface area contributed by atoms with Crippen molar-refractivity contribution in [1.82, 2.24) is 14.5 Å². The van der Waals surface area contributed by atoms with Gasteiger partial charge in [0.25, 0.3) is 5.91 Å². The van der Waals surface area contributed by atoms with Crippen LogP contribution in [0.25, 0.3) is 0 Å². The molecule has 0 radical (unpaired) electrons. The molecule has 0 spiro atoms. The summed E-state index contributed by atoms with van der Waals surface area (Å²) < 4.78 is 44.7. The van der Waals surface area contributed by atoms with E-state index in [9.17, 15) is 22.4 Å². The molecule has 1 fully saturated rings. The predicted molar refractivity (Wildman–Crippen MR) is 97.4 cm³/mol. The molecule has 2 heterocycles. The largest absolute Gasteiger partial charge is 0.459 e. The summed E-state index contributed by atoms with van der Waals surface area (Å²) in [6.45, 7) is 0.755. The first kappa shape index (κ1) is 20.0. The molecule has 1 aliphatic rings. The molecule has 0 atom stereocenters. The summed E-state index contributed by atoms with van der Waals surface area (Å²) in [6, 6.07) is 7.71. The third-order valence-electron chi connectivity index (χ3n) is 4.40. The molecule has 10 heteroatoms. The third kappa shape index (κ3) is 4.57. The van der Waals surface area contributed by atoms with E-state index in [-0.39, 0.29) is 42.7 Å². The Bertz CT molecular complexity index is 929. The van der Waals surface area contributed by atoms with Gasteiger partial charge in [-0.2, -0.15) is 4.31 Å². The van der Waals surface area contributed by atoms with Gasteiger partial charge < -0.3 is 14.6 Å². The Kier molecular flexibility index (Phi) is 6.10. The molecule has 2 amide bonds. The molecule has 2 aromatic rings. The van der Waals surface area contributed by atoms with E-state index < -0.39 is 21.7 Å². The minimum absolute atomic E-state index is 0.0133. The number of rotatable bonds is 5. The fraction of sp³-hybridized carbons (Fsp3) is 0.333. The summed E-state index contributed by atoms with van der Waals surface area (Å²) in [5, 5.41) is 2.48. The zero-order chi connectivity index (χ0) is 20.1. The average Bonchev–Trinajstić information content (AvgIpc) is 3.10. The van der Waals surface area contributed by atoms with Crippen molar-refractivity contribution in [3.8, 4) is 0 Å². The fourth-order valence-electron chi connectivity index (χ4n) is 2.90. The first-order valence-corrected chi connectivity index (χ1v) is 10.2. The number of amides is 2. The molecular weight excluding hydrogens is 389 g/mol. The number of carbonyl (C=O) groups is 2. The maximum Gasteiger partial charge on any atom is 0.287 e. The molecule has 0 aliphatic carbocycles. The number of carbonyl (C=O) groups excluding carboxylic acids is 2. The van der Waals surface area contributed by atoms with Gasteiger partial charge in [-0.3, -0.25) is 9.59 Å². The van der Waals surface area contributed by atoms with E-state index in [0.717, 1.165) is 12.1 Å². The van der Waals surface area contributed by atoms with Crippen LogP contribution in [0, 0.1) is 5.82 Å². The average molecular weight is 409 g/mol. The molecule has 28 heavy (non-hydrogen) atoms. The minimum atomic E-state index is -3.76. The van der Waals surface area contributed by atoms with E-state index in [1.807, 2.05) is 0 Å². The Morgan fingerprint density at radius 3 is 2.50 bits per heavy atom. The smallest absolute Gasteiger partial charge is 0.287 e. The summed E-state index contributed by atoms with van der Waals surface area (Å²) in [6.07, 6.45) is 1.82. The quantitative estimate of drug-likeness (QED) is 0.796. The number of hydrogen-bond acceptors (Lipinski definition) is 5. The Morgan fingerprint density at radius 2 is 1.82 bits per heavy atom. The lowest BCUT2D eigenvalue weighted by molar-refractivity contribution is -0.129. The van der Waals surface area contributed by atoms with Crippen LogP contribution >= 0.6 is 0 Å². The van der Waals surface area contributed by atoms with Crippen molar-refractivity contribution in [3.05, 3.63) is 54.2 Å². The van der Waals surface area contributed by atoms with Gasteiger partial charge in [0.05, 0.1) is 17.7 Å². The van der Waals surface area contributed by atoms with E-state index >= 15 is 0 Å². The summed E-state index contributed by atoms with van der Waals surface area (Å²) in [7, 11) is -3.76. The lowest BCUT2D eigenvalue weighted by atomic mass is 10.3. The van der Waals surface area contributed by atoms with Gasteiger partial charge in [0.1, 0.15) is 5.82 Å². The number of hydrogen-bond donors (Lipinski definition) is 1. The fourth-order valence-corrected chi connectivity index (χ4v) is 4.37. The number of nitrogens with zero attached hydrogens (tertiary/aromatic N) is 2. The Morgan fingerprint density at radius 1 is 1.07 bits per heavy atom. The Labute approximate surface area is 162 Å². The lowest BCUT2D eigenvalue weighted by Crippen LogP contribution is -2.42. The highest BCUT2D eigenvalue weighted by Crippen LogP contribution is 2.18. The molecule has 1 aliphatic heterocycles. The van der Waals surface area contributed by atoms with Crippen molar-refractivity contribution < 1.29 is 26.8 Å². The van der Waals surface area contributed by atoms with E-state index in [2.05, 4.69) is 5.32 Å². The summed E-state index contributed by atoms with van der Waals surface area (Å²) >= 11 is 0. The van der Waals surface area contributed by atoms with Crippen molar-refractivity contribution in [2.45, 2.75) is 11.3 Å². The molecule has 0 unspecified atom stereocenters. The van der Waals surface area contributed by atoms with Gasteiger partial charge in [-0.25, -0.2) is 12.8 Å². The molecular formula is C18H20FN3O5S. The first-order chi connectivity index (χ1) is 13.4. The van der Waals surface area contributed by atoms with Crippen LogP contribution in [0.15, 0.2) is 52.0 Å². The molecule has 3 rings (SSSR count). The summed E-state index contributed by atoms with van der Waals surface area (Å²) in [5.41, 5.74) is 0. The van der Waals surface area contributed by atoms with E-state index in [1.165, 1.54) is 33.7 Å². The standard InChI is InChI=1S/C18H20FN3O5S/c19-14-4-6-15(7-5-14)28(25,26)22-9-2-8-21(10-11-22)17(23)13-20-18(24)16-3-1-12-27-16/h1,3-7,12H,2,8-11,13H2,(H,20,24). The molecule has 150 valence electrons. The van der Waals surface area contributed by atoms with Crippen molar-refractivity contribution >= 4 is 21.8 Å². The third-order valence-corrected chi connectivity index (χ3v) is 6.32. The maximum atomic E-state index is 13.1. The van der Waals surface area contributed by atoms with E-state index in [1.54, 1.807) is 6.07 Å². The van der Waals surface area contributed by atoms with Crippen LogP contribution in [0.4, 0.5) is 4.39 Å². The molecule has 1 N–H and O–H groups in total. The van der Waals surface area contributed by atoms with Crippen molar-refractivity contribution in [1.29, 1.82) is 0 Å². The van der Waals surface area contributed by atoms with Gasteiger partial charge in [0, 0.05) is 26.2 Å². The second kappa shape index (κ2) is 8.53. The molecule has 1 aromatic carbocycles. The minimum Gasteiger partial charge on any atom is -0.459 e. The van der Waals surface area contributed by atoms with Gasteiger partial charge in [-0.05, 0) is 42.8 Å². The zero-order valence-electron chi connectivity index (χ0n) is 15.0. The molecule has 0 saturated carbocycles. The van der Waals surface area contributed by atoms with Crippen molar-refractivity contribution in [3.63, 3.8) is 0 Å². The number of sulfonamides is 1. The predicted octanol–water partition coefficient (Wildman–Crippen LogP) is 1.07. The zero-order valence-corrected chi connectivity index (χ0v) is 15.8. The topological polar surface area (TPSA) is 99.9 Å². The van der Waals surface area contributed by atoms with Crippen LogP contribution in [0.2, 0.25) is 0 Å². The van der Waals surface area contributed by atoms with Gasteiger partial charge >= 0.3 is 0 Å². The highest BCUT2D eigenvalue weighted by molar-refractivity contribution is 7.89. The molecule has 1 aromatic heterocycles. The van der Waals surface area contributed by atoms with Gasteiger partial charge in [0.2, 0.25) is 15.9 Å². The maximum absolute atomic E-state index is 13.1. The van der Waals surface area contributed by atoms with Crippen LogP contribution < -0.4 is 5.32 Å². The van der Waals surface area contributed by atoms with E-state index in [0.29, 0.717) is 13.0 Å². The first-order valence-electron chi connectivity index (χ1n) is 8.73. The number of benzene rings is 1. The summed E-state index contributed by atoms with van der Waals surface area (Å²) in [5.74, 6) is -1.20. The number of halogens is 1. The van der Waals surface area contributed by atoms with Gasteiger partial charge in [-0.15, -0.1) is 0 Å². The highest BCUT2D eigenvalue weighted by atomic mass is 32.2. The Balaban J connectivity index is 1.57. The van der Waals surface area contributed by atoms with Crippen LogP contribution in [-0.4, -0.2) is 62.2 Å². The monoisotopic (exact) mass is 409 g/mol. The van der Waals surface area contributed by atoms with Crippen LogP contribution in [0.3, 0.4) is 0 Å². The van der Waals surface area contributed by atoms with E-state index in [4.69, 9.17) is 4.42 Å². The number of furan rings is 1. The Hall–Kier alpha value is -2.72. The van der Waals surface area contributed by atoms with Crippen LogP contribution in [0.1, 0.15) is 17.0 Å². The molecule has 1 saturated heterocycles. The second-order valence-electron chi connectivity index (χ2n) is 6.25. The van der Waals surface area contributed by atoms with Gasteiger partial charge in [0.15, 0.2) is 5.76 Å². The number of nitrogens with one attached hydrogen (secondary N) is 1. The highest BCUT2D eigenvalue weighted by Gasteiger charge is 2.28. The normalized spacial score (nSPS) is 15.8. The van der Waals surface area contributed by atoms with Crippen LogP contribution in [-0.2, 0) is 14.8 Å². The van der Waals surface area contributed by atoms with Crippen molar-refractivity contribution in [2.75, 3.05) is 32.7 Å². The molecule has 0 bridgehead atoms. The SMILES string of the molecule is O=C(NCC(=O)N1CCCN(S(=O)(=O)c2ccc(F)cc2)CC1)c1ccco1.